The minimum Gasteiger partial charge on any atom is -0.497 e. The van der Waals surface area contributed by atoms with Gasteiger partial charge in [0.05, 0.1) is 13.7 Å². The van der Waals surface area contributed by atoms with Crippen molar-refractivity contribution in [3.8, 4) is 17.2 Å². The summed E-state index contributed by atoms with van der Waals surface area (Å²) in [6.45, 7) is 2.64. The summed E-state index contributed by atoms with van der Waals surface area (Å²) in [4.78, 5) is 14.1. The maximum absolute atomic E-state index is 12.2. The van der Waals surface area contributed by atoms with E-state index >= 15 is 0 Å². The Kier molecular flexibility index (Phi) is 5.96. The number of hydrogen-bond acceptors (Lipinski definition) is 5. The minimum absolute atomic E-state index is 0.0131. The SMILES string of the molecule is COc1ccc(CNC(=O)CN(C)Cc2ccc3c(c2)OCCO3)cc1. The van der Waals surface area contributed by atoms with Crippen molar-refractivity contribution in [3.63, 3.8) is 0 Å². The fourth-order valence-electron chi connectivity index (χ4n) is 2.80. The highest BCUT2D eigenvalue weighted by molar-refractivity contribution is 5.78. The van der Waals surface area contributed by atoms with Crippen LogP contribution >= 0.6 is 0 Å². The van der Waals surface area contributed by atoms with Gasteiger partial charge in [-0.3, -0.25) is 9.69 Å². The van der Waals surface area contributed by atoms with Crippen LogP contribution in [0.3, 0.4) is 0 Å². The van der Waals surface area contributed by atoms with E-state index in [2.05, 4.69) is 5.32 Å². The molecule has 2 aromatic carbocycles. The van der Waals surface area contributed by atoms with Gasteiger partial charge in [-0.15, -0.1) is 0 Å². The molecule has 0 atom stereocenters. The maximum atomic E-state index is 12.2. The van der Waals surface area contributed by atoms with Crippen LogP contribution in [-0.4, -0.2) is 44.7 Å². The molecule has 0 spiro atoms. The summed E-state index contributed by atoms with van der Waals surface area (Å²) in [7, 11) is 3.55. The van der Waals surface area contributed by atoms with E-state index in [1.54, 1.807) is 7.11 Å². The van der Waals surface area contributed by atoms with Gasteiger partial charge in [-0.05, 0) is 42.4 Å². The van der Waals surface area contributed by atoms with Crippen molar-refractivity contribution in [2.45, 2.75) is 13.1 Å². The van der Waals surface area contributed by atoms with Crippen LogP contribution in [0.25, 0.3) is 0 Å². The third-order valence-corrected chi connectivity index (χ3v) is 4.12. The number of benzene rings is 2. The largest absolute Gasteiger partial charge is 0.497 e. The Balaban J connectivity index is 1.46. The molecule has 0 saturated heterocycles. The molecule has 138 valence electrons. The van der Waals surface area contributed by atoms with Gasteiger partial charge in [0, 0.05) is 13.1 Å². The average Bonchev–Trinajstić information content (AvgIpc) is 2.66. The Labute approximate surface area is 153 Å². The van der Waals surface area contributed by atoms with E-state index in [0.29, 0.717) is 32.8 Å². The summed E-state index contributed by atoms with van der Waals surface area (Å²) in [6, 6.07) is 13.5. The quantitative estimate of drug-likeness (QED) is 0.824. The van der Waals surface area contributed by atoms with Crippen LogP contribution in [-0.2, 0) is 17.9 Å². The van der Waals surface area contributed by atoms with E-state index in [1.165, 1.54) is 0 Å². The molecule has 1 N–H and O–H groups in total. The molecule has 0 fully saturated rings. The van der Waals surface area contributed by atoms with Crippen LogP contribution in [0.2, 0.25) is 0 Å². The number of fused-ring (bicyclic) bond motifs is 1. The van der Waals surface area contributed by atoms with E-state index in [0.717, 1.165) is 28.4 Å². The maximum Gasteiger partial charge on any atom is 0.234 e. The second kappa shape index (κ2) is 8.58. The molecule has 3 rings (SSSR count). The van der Waals surface area contributed by atoms with E-state index < -0.39 is 0 Å². The fourth-order valence-corrected chi connectivity index (χ4v) is 2.80. The van der Waals surface area contributed by atoms with Crippen LogP contribution in [0.5, 0.6) is 17.2 Å². The molecular formula is C20H24N2O4. The van der Waals surface area contributed by atoms with E-state index in [-0.39, 0.29) is 5.91 Å². The van der Waals surface area contributed by atoms with E-state index in [4.69, 9.17) is 14.2 Å². The van der Waals surface area contributed by atoms with Gasteiger partial charge in [0.1, 0.15) is 19.0 Å². The molecule has 0 aliphatic carbocycles. The van der Waals surface area contributed by atoms with Crippen LogP contribution in [0.15, 0.2) is 42.5 Å². The minimum atomic E-state index is -0.0131. The zero-order chi connectivity index (χ0) is 18.4. The van der Waals surface area contributed by atoms with Crippen LogP contribution < -0.4 is 19.5 Å². The van der Waals surface area contributed by atoms with Crippen LogP contribution in [0.4, 0.5) is 0 Å². The first-order chi connectivity index (χ1) is 12.6. The van der Waals surface area contributed by atoms with Crippen molar-refractivity contribution >= 4 is 5.91 Å². The van der Waals surface area contributed by atoms with E-state index in [1.807, 2.05) is 54.4 Å². The number of carbonyl (C=O) groups excluding carboxylic acids is 1. The standard InChI is InChI=1S/C20H24N2O4/c1-22(13-16-5-8-18-19(11-16)26-10-9-25-18)14-20(23)21-12-15-3-6-17(24-2)7-4-15/h3-8,11H,9-10,12-14H2,1-2H3,(H,21,23). The van der Waals surface area contributed by atoms with E-state index in [9.17, 15) is 4.79 Å². The number of likely N-dealkylation sites (N-methyl/N-ethyl adjacent to an activating group) is 1. The third kappa shape index (κ3) is 4.89. The first kappa shape index (κ1) is 18.1. The Bertz CT molecular complexity index is 746. The van der Waals surface area contributed by atoms with Crippen molar-refractivity contribution in [2.75, 3.05) is 33.9 Å². The van der Waals surface area contributed by atoms with Gasteiger partial charge in [-0.2, -0.15) is 0 Å². The second-order valence-electron chi connectivity index (χ2n) is 6.28. The number of methoxy groups -OCH3 is 1. The number of ether oxygens (including phenoxy) is 3. The molecule has 6 nitrogen and oxygen atoms in total. The predicted octanol–water partition coefficient (Wildman–Crippen LogP) is 2.21. The number of hydrogen-bond donors (Lipinski definition) is 1. The third-order valence-electron chi connectivity index (χ3n) is 4.12. The van der Waals surface area contributed by atoms with Gasteiger partial charge in [0.2, 0.25) is 5.91 Å². The number of nitrogens with one attached hydrogen (secondary N) is 1. The highest BCUT2D eigenvalue weighted by Gasteiger charge is 2.13. The molecule has 0 radical (unpaired) electrons. The zero-order valence-electron chi connectivity index (χ0n) is 15.2. The molecule has 1 heterocycles. The van der Waals surface area contributed by atoms with Gasteiger partial charge in [-0.25, -0.2) is 0 Å². The lowest BCUT2D eigenvalue weighted by molar-refractivity contribution is -0.122. The molecule has 1 aliphatic heterocycles. The smallest absolute Gasteiger partial charge is 0.234 e. The van der Waals surface area contributed by atoms with Crippen molar-refractivity contribution in [2.24, 2.45) is 0 Å². The Morgan fingerprint density at radius 3 is 2.50 bits per heavy atom. The number of rotatable bonds is 7. The lowest BCUT2D eigenvalue weighted by Crippen LogP contribution is -2.34. The molecular weight excluding hydrogens is 332 g/mol. The van der Waals surface area contributed by atoms with Gasteiger partial charge in [0.25, 0.3) is 0 Å². The number of nitrogens with zero attached hydrogens (tertiary/aromatic N) is 1. The lowest BCUT2D eigenvalue weighted by Gasteiger charge is -2.21. The normalized spacial score (nSPS) is 12.7. The highest BCUT2D eigenvalue weighted by atomic mass is 16.6. The Hall–Kier alpha value is -2.73. The van der Waals surface area contributed by atoms with Crippen molar-refractivity contribution < 1.29 is 19.0 Å². The van der Waals surface area contributed by atoms with Gasteiger partial charge in [-0.1, -0.05) is 18.2 Å². The number of carbonyl (C=O) groups is 1. The molecule has 1 aliphatic rings. The Morgan fingerprint density at radius 2 is 1.77 bits per heavy atom. The molecule has 26 heavy (non-hydrogen) atoms. The first-order valence-corrected chi connectivity index (χ1v) is 8.61. The fraction of sp³-hybridized carbons (Fsp3) is 0.350. The second-order valence-corrected chi connectivity index (χ2v) is 6.28. The summed E-state index contributed by atoms with van der Waals surface area (Å²) in [5.74, 6) is 2.34. The van der Waals surface area contributed by atoms with Crippen molar-refractivity contribution in [1.82, 2.24) is 10.2 Å². The average molecular weight is 356 g/mol. The summed E-state index contributed by atoms with van der Waals surface area (Å²) < 4.78 is 16.3. The Morgan fingerprint density at radius 1 is 1.08 bits per heavy atom. The highest BCUT2D eigenvalue weighted by Crippen LogP contribution is 2.30. The van der Waals surface area contributed by atoms with Gasteiger partial charge < -0.3 is 19.5 Å². The predicted molar refractivity (Wildman–Crippen MR) is 98.6 cm³/mol. The van der Waals surface area contributed by atoms with Crippen molar-refractivity contribution in [3.05, 3.63) is 53.6 Å². The van der Waals surface area contributed by atoms with Crippen LogP contribution in [0.1, 0.15) is 11.1 Å². The topological polar surface area (TPSA) is 60.0 Å². The zero-order valence-corrected chi connectivity index (χ0v) is 15.2. The summed E-state index contributed by atoms with van der Waals surface area (Å²) in [5.41, 5.74) is 2.12. The number of amides is 1. The monoisotopic (exact) mass is 356 g/mol. The van der Waals surface area contributed by atoms with Crippen LogP contribution in [0, 0.1) is 0 Å². The van der Waals surface area contributed by atoms with Gasteiger partial charge >= 0.3 is 0 Å². The summed E-state index contributed by atoms with van der Waals surface area (Å²) in [5, 5.41) is 2.94. The van der Waals surface area contributed by atoms with Gasteiger partial charge in [0.15, 0.2) is 11.5 Å². The summed E-state index contributed by atoms with van der Waals surface area (Å²) >= 11 is 0. The van der Waals surface area contributed by atoms with Crippen molar-refractivity contribution in [1.29, 1.82) is 0 Å². The molecule has 0 saturated carbocycles. The lowest BCUT2D eigenvalue weighted by atomic mass is 10.2. The molecule has 1 amide bonds. The molecule has 6 heteroatoms. The molecule has 0 aromatic heterocycles. The molecule has 0 unspecified atom stereocenters. The summed E-state index contributed by atoms with van der Waals surface area (Å²) in [6.07, 6.45) is 0. The molecule has 2 aromatic rings. The first-order valence-electron chi connectivity index (χ1n) is 8.61. The molecule has 0 bridgehead atoms.